The summed E-state index contributed by atoms with van der Waals surface area (Å²) in [4.78, 5) is 26.5. The van der Waals surface area contributed by atoms with Crippen molar-refractivity contribution in [2.24, 2.45) is 5.92 Å². The van der Waals surface area contributed by atoms with Crippen LogP contribution in [0.2, 0.25) is 0 Å². The lowest BCUT2D eigenvalue weighted by Gasteiger charge is -2.41. The lowest BCUT2D eigenvalue weighted by molar-refractivity contribution is -0.268. The predicted octanol–water partition coefficient (Wildman–Crippen LogP) is 8.91. The molecule has 7 aromatic rings. The molecule has 0 radical (unpaired) electrons. The first-order valence-corrected chi connectivity index (χ1v) is 19.0. The zero-order chi connectivity index (χ0) is 35.4. The highest BCUT2D eigenvalue weighted by Crippen LogP contribution is 2.44. The van der Waals surface area contributed by atoms with Gasteiger partial charge in [0.15, 0.2) is 10.6 Å². The van der Waals surface area contributed by atoms with Gasteiger partial charge in [-0.3, -0.25) is 9.78 Å². The Balaban J connectivity index is 0.973. The average Bonchev–Trinajstić information content (AvgIpc) is 3.63. The number of nitrogens with one attached hydrogen (secondary N) is 1. The number of aromatic nitrogens is 3. The Labute approximate surface area is 309 Å². The summed E-state index contributed by atoms with van der Waals surface area (Å²) in [6.45, 7) is 2.54. The molecule has 52 heavy (non-hydrogen) atoms. The number of ether oxygens (including phenoxy) is 2. The number of fused-ring (bicyclic) bond motifs is 2. The molecule has 1 fully saturated rings. The standard InChI is InChI=1S/C42H36N4O4S2/c1-26-37(25-51-42-46-35-11-4-5-12-38(35)52-42)49-41(50-39(26)30-15-13-27(24-47)14-16-30)31-19-17-29(18-20-31)32-8-6-7-28(21-32)22-44-40(48)36-23-43-33-9-2-3-10-34(33)45-36/h2-21,23,26,37,39,41,47H,22,24-25H2,1H3,(H,44,48)/t26-,37+,39+,41+/m1/s1. The molecule has 10 heteroatoms. The van der Waals surface area contributed by atoms with Crippen molar-refractivity contribution < 1.29 is 19.4 Å². The van der Waals surface area contributed by atoms with Crippen molar-refractivity contribution in [1.29, 1.82) is 0 Å². The number of para-hydroxylation sites is 3. The van der Waals surface area contributed by atoms with Crippen LogP contribution in [0.25, 0.3) is 32.4 Å². The monoisotopic (exact) mass is 724 g/mol. The molecule has 8 rings (SSSR count). The van der Waals surface area contributed by atoms with E-state index in [0.29, 0.717) is 12.1 Å². The van der Waals surface area contributed by atoms with E-state index in [1.165, 1.54) is 10.9 Å². The van der Waals surface area contributed by atoms with Crippen molar-refractivity contribution in [2.45, 2.75) is 42.9 Å². The third-order valence-electron chi connectivity index (χ3n) is 9.35. The summed E-state index contributed by atoms with van der Waals surface area (Å²) in [6.07, 6.45) is 0.660. The van der Waals surface area contributed by atoms with Gasteiger partial charge in [0, 0.05) is 23.8 Å². The zero-order valence-electron chi connectivity index (χ0n) is 28.4. The van der Waals surface area contributed by atoms with Gasteiger partial charge >= 0.3 is 0 Å². The number of thioether (sulfide) groups is 1. The van der Waals surface area contributed by atoms with Crippen molar-refractivity contribution in [3.05, 3.63) is 155 Å². The van der Waals surface area contributed by atoms with Crippen LogP contribution in [-0.2, 0) is 22.6 Å². The summed E-state index contributed by atoms with van der Waals surface area (Å²) in [5.74, 6) is 0.545. The Hall–Kier alpha value is -4.97. The molecule has 0 spiro atoms. The van der Waals surface area contributed by atoms with Gasteiger partial charge in [-0.25, -0.2) is 9.97 Å². The normalized spacial score (nSPS) is 18.8. The molecule has 1 aliphatic rings. The molecule has 0 unspecified atom stereocenters. The van der Waals surface area contributed by atoms with Crippen molar-refractivity contribution in [3.8, 4) is 11.1 Å². The van der Waals surface area contributed by atoms with E-state index in [2.05, 4.69) is 64.7 Å². The number of aliphatic hydroxyl groups is 1. The molecule has 1 saturated heterocycles. The molecule has 0 saturated carbocycles. The largest absolute Gasteiger partial charge is 0.392 e. The van der Waals surface area contributed by atoms with Crippen molar-refractivity contribution in [3.63, 3.8) is 0 Å². The second-order valence-electron chi connectivity index (χ2n) is 12.8. The van der Waals surface area contributed by atoms with Crippen LogP contribution in [0.1, 0.15) is 52.1 Å². The summed E-state index contributed by atoms with van der Waals surface area (Å²) < 4.78 is 15.6. The van der Waals surface area contributed by atoms with Crippen LogP contribution in [0.15, 0.2) is 132 Å². The minimum atomic E-state index is -0.562. The number of carbonyl (C=O) groups excluding carboxylic acids is 1. The molecule has 2 aromatic heterocycles. The fraction of sp³-hybridized carbons (Fsp3) is 0.190. The number of thiazole rings is 1. The maximum absolute atomic E-state index is 12.9. The number of hydrogen-bond donors (Lipinski definition) is 2. The molecule has 0 bridgehead atoms. The highest BCUT2D eigenvalue weighted by Gasteiger charge is 2.38. The number of hydrogen-bond acceptors (Lipinski definition) is 9. The molecule has 8 nitrogen and oxygen atoms in total. The molecule has 1 amide bonds. The number of amides is 1. The van der Waals surface area contributed by atoms with E-state index in [4.69, 9.17) is 14.5 Å². The fourth-order valence-corrected chi connectivity index (χ4v) is 8.67. The number of carbonyl (C=O) groups is 1. The van der Waals surface area contributed by atoms with Gasteiger partial charge in [-0.2, -0.15) is 0 Å². The fourth-order valence-electron chi connectivity index (χ4n) is 6.41. The third-order valence-corrected chi connectivity index (χ3v) is 11.6. The minimum Gasteiger partial charge on any atom is -0.392 e. The Morgan fingerprint density at radius 1 is 0.788 bits per heavy atom. The summed E-state index contributed by atoms with van der Waals surface area (Å²) in [5, 5.41) is 12.6. The SMILES string of the molecule is C[C@@H]1[C@H](CSc2nc3ccccc3s2)O[C@H](c2ccc(-c3cccc(CNC(=O)c4cnc5ccccc5n4)c3)cc2)O[C@@H]1c1ccc(CO)cc1. The molecule has 5 aromatic carbocycles. The van der Waals surface area contributed by atoms with E-state index in [1.807, 2.05) is 78.9 Å². The lowest BCUT2D eigenvalue weighted by Crippen LogP contribution is -2.38. The molecule has 0 aliphatic carbocycles. The highest BCUT2D eigenvalue weighted by molar-refractivity contribution is 8.01. The maximum atomic E-state index is 12.9. The Morgan fingerprint density at radius 3 is 2.33 bits per heavy atom. The first-order chi connectivity index (χ1) is 25.5. The first-order valence-electron chi connectivity index (χ1n) is 17.2. The summed E-state index contributed by atoms with van der Waals surface area (Å²) in [6, 6.07) is 40.1. The second-order valence-corrected chi connectivity index (χ2v) is 15.1. The molecule has 2 N–H and O–H groups in total. The average molecular weight is 725 g/mol. The topological polar surface area (TPSA) is 106 Å². The Morgan fingerprint density at radius 2 is 1.54 bits per heavy atom. The van der Waals surface area contributed by atoms with Gasteiger partial charge in [-0.15, -0.1) is 11.3 Å². The Kier molecular flexibility index (Phi) is 10.1. The molecule has 1 aliphatic heterocycles. The van der Waals surface area contributed by atoms with Crippen LogP contribution in [0.3, 0.4) is 0 Å². The molecule has 260 valence electrons. The lowest BCUT2D eigenvalue weighted by atomic mass is 9.91. The van der Waals surface area contributed by atoms with Gasteiger partial charge < -0.3 is 19.9 Å². The van der Waals surface area contributed by atoms with Gasteiger partial charge in [-0.1, -0.05) is 110 Å². The number of benzene rings is 5. The number of rotatable bonds is 10. The molecule has 4 atom stereocenters. The van der Waals surface area contributed by atoms with Gasteiger partial charge in [-0.05, 0) is 58.1 Å². The van der Waals surface area contributed by atoms with Crippen LogP contribution in [0, 0.1) is 5.92 Å². The van der Waals surface area contributed by atoms with Crippen molar-refractivity contribution in [1.82, 2.24) is 20.3 Å². The van der Waals surface area contributed by atoms with Crippen LogP contribution in [0.4, 0.5) is 0 Å². The van der Waals surface area contributed by atoms with Crippen molar-refractivity contribution in [2.75, 3.05) is 5.75 Å². The molecular weight excluding hydrogens is 689 g/mol. The second kappa shape index (κ2) is 15.3. The van der Waals surface area contributed by atoms with Crippen molar-refractivity contribution >= 4 is 50.3 Å². The van der Waals surface area contributed by atoms with Crippen LogP contribution in [-0.4, -0.2) is 37.8 Å². The minimum absolute atomic E-state index is 0.00106. The zero-order valence-corrected chi connectivity index (χ0v) is 30.0. The maximum Gasteiger partial charge on any atom is 0.271 e. The van der Waals surface area contributed by atoms with Gasteiger partial charge in [0.1, 0.15) is 5.69 Å². The third kappa shape index (κ3) is 7.48. The van der Waals surface area contributed by atoms with Gasteiger partial charge in [0.2, 0.25) is 0 Å². The smallest absolute Gasteiger partial charge is 0.271 e. The van der Waals surface area contributed by atoms with E-state index in [1.54, 1.807) is 23.1 Å². The van der Waals surface area contributed by atoms with E-state index >= 15 is 0 Å². The summed E-state index contributed by atoms with van der Waals surface area (Å²) in [7, 11) is 0. The quantitative estimate of drug-likeness (QED) is 0.135. The van der Waals surface area contributed by atoms with Crippen LogP contribution >= 0.6 is 23.1 Å². The van der Waals surface area contributed by atoms with E-state index in [-0.39, 0.29) is 36.3 Å². The molecular formula is C42H36N4O4S2. The summed E-state index contributed by atoms with van der Waals surface area (Å²) in [5.41, 5.74) is 8.64. The van der Waals surface area contributed by atoms with Crippen LogP contribution < -0.4 is 5.32 Å². The number of aliphatic hydroxyl groups excluding tert-OH is 1. The predicted molar refractivity (Wildman–Crippen MR) is 206 cm³/mol. The highest BCUT2D eigenvalue weighted by atomic mass is 32.2. The molecule has 3 heterocycles. The van der Waals surface area contributed by atoms with E-state index < -0.39 is 6.29 Å². The number of nitrogens with zero attached hydrogens (tertiary/aromatic N) is 3. The first kappa shape index (κ1) is 34.1. The van der Waals surface area contributed by atoms with Crippen LogP contribution in [0.5, 0.6) is 0 Å². The van der Waals surface area contributed by atoms with E-state index in [0.717, 1.165) is 54.5 Å². The Bertz CT molecular complexity index is 2300. The summed E-state index contributed by atoms with van der Waals surface area (Å²) >= 11 is 3.43. The van der Waals surface area contributed by atoms with Gasteiger partial charge in [0.05, 0.1) is 46.3 Å². The van der Waals surface area contributed by atoms with E-state index in [9.17, 15) is 9.90 Å². The van der Waals surface area contributed by atoms with Gasteiger partial charge in [0.25, 0.3) is 5.91 Å².